The third-order valence-corrected chi connectivity index (χ3v) is 2.37. The number of aliphatic hydroxyl groups is 1. The van der Waals surface area contributed by atoms with Crippen molar-refractivity contribution < 1.29 is 9.84 Å². The molecule has 0 bridgehead atoms. The van der Waals surface area contributed by atoms with E-state index in [2.05, 4.69) is 9.97 Å². The SMILES string of the molecule is Cc1ccc(Oc2ncc(CO)cc2C)cn1. The highest BCUT2D eigenvalue weighted by molar-refractivity contribution is 5.32. The average Bonchev–Trinajstić information content (AvgIpc) is 2.34. The lowest BCUT2D eigenvalue weighted by Gasteiger charge is -2.08. The Morgan fingerprint density at radius 3 is 2.59 bits per heavy atom. The predicted molar refractivity (Wildman–Crippen MR) is 63.9 cm³/mol. The molecule has 2 rings (SSSR count). The van der Waals surface area contributed by atoms with Crippen LogP contribution in [0, 0.1) is 13.8 Å². The molecule has 0 aromatic carbocycles. The largest absolute Gasteiger partial charge is 0.437 e. The molecule has 0 radical (unpaired) electrons. The van der Waals surface area contributed by atoms with Crippen LogP contribution in [0.4, 0.5) is 0 Å². The first-order valence-electron chi connectivity index (χ1n) is 5.36. The third kappa shape index (κ3) is 2.79. The third-order valence-electron chi connectivity index (χ3n) is 2.37. The van der Waals surface area contributed by atoms with Crippen LogP contribution in [0.3, 0.4) is 0 Å². The lowest BCUT2D eigenvalue weighted by atomic mass is 10.2. The topological polar surface area (TPSA) is 55.2 Å². The van der Waals surface area contributed by atoms with Crippen LogP contribution in [-0.4, -0.2) is 15.1 Å². The quantitative estimate of drug-likeness (QED) is 0.879. The molecule has 0 saturated heterocycles. The monoisotopic (exact) mass is 230 g/mol. The fraction of sp³-hybridized carbons (Fsp3) is 0.231. The number of ether oxygens (including phenoxy) is 1. The van der Waals surface area contributed by atoms with Gasteiger partial charge in [-0.25, -0.2) is 4.98 Å². The highest BCUT2D eigenvalue weighted by atomic mass is 16.5. The molecule has 0 spiro atoms. The number of rotatable bonds is 3. The highest BCUT2D eigenvalue weighted by Crippen LogP contribution is 2.22. The molecular weight excluding hydrogens is 216 g/mol. The Labute approximate surface area is 99.9 Å². The zero-order valence-corrected chi connectivity index (χ0v) is 9.84. The number of hydrogen-bond acceptors (Lipinski definition) is 4. The van der Waals surface area contributed by atoms with Crippen LogP contribution in [0.25, 0.3) is 0 Å². The lowest BCUT2D eigenvalue weighted by Crippen LogP contribution is -1.94. The summed E-state index contributed by atoms with van der Waals surface area (Å²) in [5.74, 6) is 1.19. The molecule has 2 heterocycles. The van der Waals surface area contributed by atoms with Crippen LogP contribution in [0.2, 0.25) is 0 Å². The van der Waals surface area contributed by atoms with Crippen molar-refractivity contribution in [3.63, 3.8) is 0 Å². The van der Waals surface area contributed by atoms with Crippen molar-refractivity contribution in [2.24, 2.45) is 0 Å². The molecule has 17 heavy (non-hydrogen) atoms. The van der Waals surface area contributed by atoms with E-state index in [9.17, 15) is 0 Å². The van der Waals surface area contributed by atoms with E-state index in [4.69, 9.17) is 9.84 Å². The molecule has 88 valence electrons. The van der Waals surface area contributed by atoms with Crippen molar-refractivity contribution in [1.82, 2.24) is 9.97 Å². The Kier molecular flexibility index (Phi) is 3.35. The Morgan fingerprint density at radius 1 is 1.18 bits per heavy atom. The fourth-order valence-corrected chi connectivity index (χ4v) is 1.44. The van der Waals surface area contributed by atoms with E-state index in [-0.39, 0.29) is 6.61 Å². The van der Waals surface area contributed by atoms with Crippen molar-refractivity contribution in [3.8, 4) is 11.6 Å². The normalized spacial score (nSPS) is 10.3. The molecule has 2 aromatic heterocycles. The summed E-state index contributed by atoms with van der Waals surface area (Å²) in [5, 5.41) is 8.98. The molecule has 1 N–H and O–H groups in total. The van der Waals surface area contributed by atoms with E-state index in [0.29, 0.717) is 11.6 Å². The van der Waals surface area contributed by atoms with Gasteiger partial charge in [-0.1, -0.05) is 0 Å². The number of aromatic nitrogens is 2. The van der Waals surface area contributed by atoms with Crippen LogP contribution >= 0.6 is 0 Å². The first-order chi connectivity index (χ1) is 8.19. The molecule has 0 aliphatic heterocycles. The van der Waals surface area contributed by atoms with Gasteiger partial charge in [-0.3, -0.25) is 4.98 Å². The van der Waals surface area contributed by atoms with Gasteiger partial charge in [-0.15, -0.1) is 0 Å². The number of nitrogens with zero attached hydrogens (tertiary/aromatic N) is 2. The first-order valence-corrected chi connectivity index (χ1v) is 5.36. The molecule has 4 heteroatoms. The number of pyridine rings is 2. The Bertz CT molecular complexity index is 509. The van der Waals surface area contributed by atoms with Crippen molar-refractivity contribution in [2.75, 3.05) is 0 Å². The summed E-state index contributed by atoms with van der Waals surface area (Å²) in [6.45, 7) is 3.80. The average molecular weight is 230 g/mol. The van der Waals surface area contributed by atoms with Gasteiger partial charge in [-0.05, 0) is 37.6 Å². The van der Waals surface area contributed by atoms with Gasteiger partial charge in [0.05, 0.1) is 12.8 Å². The van der Waals surface area contributed by atoms with Crippen LogP contribution in [0.5, 0.6) is 11.6 Å². The lowest BCUT2D eigenvalue weighted by molar-refractivity contribution is 0.281. The van der Waals surface area contributed by atoms with Crippen LogP contribution in [-0.2, 0) is 6.61 Å². The maximum Gasteiger partial charge on any atom is 0.222 e. The first kappa shape index (κ1) is 11.5. The number of aliphatic hydroxyl groups excluding tert-OH is 1. The summed E-state index contributed by atoms with van der Waals surface area (Å²) in [5.41, 5.74) is 2.60. The Balaban J connectivity index is 2.21. The van der Waals surface area contributed by atoms with E-state index in [1.54, 1.807) is 12.4 Å². The second-order valence-corrected chi connectivity index (χ2v) is 3.86. The summed E-state index contributed by atoms with van der Waals surface area (Å²) in [4.78, 5) is 8.30. The van der Waals surface area contributed by atoms with Gasteiger partial charge in [-0.2, -0.15) is 0 Å². The number of hydrogen-bond donors (Lipinski definition) is 1. The fourth-order valence-electron chi connectivity index (χ4n) is 1.44. The molecule has 0 amide bonds. The predicted octanol–water partition coefficient (Wildman–Crippen LogP) is 2.38. The van der Waals surface area contributed by atoms with Crippen molar-refractivity contribution >= 4 is 0 Å². The zero-order valence-electron chi connectivity index (χ0n) is 9.84. The van der Waals surface area contributed by atoms with Crippen molar-refractivity contribution in [2.45, 2.75) is 20.5 Å². The second kappa shape index (κ2) is 4.93. The van der Waals surface area contributed by atoms with E-state index < -0.39 is 0 Å². The molecule has 2 aromatic rings. The van der Waals surface area contributed by atoms with Crippen molar-refractivity contribution in [1.29, 1.82) is 0 Å². The summed E-state index contributed by atoms with van der Waals surface area (Å²) < 4.78 is 5.61. The summed E-state index contributed by atoms with van der Waals surface area (Å²) in [6.07, 6.45) is 3.26. The second-order valence-electron chi connectivity index (χ2n) is 3.86. The molecule has 4 nitrogen and oxygen atoms in total. The minimum atomic E-state index is -0.0137. The van der Waals surface area contributed by atoms with Crippen molar-refractivity contribution in [3.05, 3.63) is 47.4 Å². The van der Waals surface area contributed by atoms with Gasteiger partial charge >= 0.3 is 0 Å². The van der Waals surface area contributed by atoms with Crippen LogP contribution in [0.1, 0.15) is 16.8 Å². The minimum Gasteiger partial charge on any atom is -0.437 e. The van der Waals surface area contributed by atoms with E-state index in [0.717, 1.165) is 16.8 Å². The van der Waals surface area contributed by atoms with E-state index in [1.165, 1.54) is 0 Å². The Morgan fingerprint density at radius 2 is 2.00 bits per heavy atom. The molecule has 0 unspecified atom stereocenters. The molecule has 0 aliphatic rings. The van der Waals surface area contributed by atoms with Crippen LogP contribution in [0.15, 0.2) is 30.6 Å². The summed E-state index contributed by atoms with van der Waals surface area (Å²) in [7, 11) is 0. The van der Waals surface area contributed by atoms with Gasteiger partial charge in [0, 0.05) is 17.5 Å². The summed E-state index contributed by atoms with van der Waals surface area (Å²) in [6, 6.07) is 5.58. The number of aryl methyl sites for hydroxylation is 2. The van der Waals surface area contributed by atoms with E-state index >= 15 is 0 Å². The maximum atomic E-state index is 8.98. The highest BCUT2D eigenvalue weighted by Gasteiger charge is 2.04. The van der Waals surface area contributed by atoms with Gasteiger partial charge in [0.1, 0.15) is 5.75 Å². The standard InChI is InChI=1S/C13H14N2O2/c1-9-5-11(8-16)6-15-13(9)17-12-4-3-10(2)14-7-12/h3-7,16H,8H2,1-2H3. The minimum absolute atomic E-state index is 0.0137. The van der Waals surface area contributed by atoms with Gasteiger partial charge in [0.25, 0.3) is 0 Å². The smallest absolute Gasteiger partial charge is 0.222 e. The maximum absolute atomic E-state index is 8.98. The molecule has 0 aliphatic carbocycles. The van der Waals surface area contributed by atoms with Gasteiger partial charge in [0.15, 0.2) is 0 Å². The molecule has 0 fully saturated rings. The van der Waals surface area contributed by atoms with Gasteiger partial charge in [0.2, 0.25) is 5.88 Å². The summed E-state index contributed by atoms with van der Waals surface area (Å²) >= 11 is 0. The molecule has 0 atom stereocenters. The zero-order chi connectivity index (χ0) is 12.3. The van der Waals surface area contributed by atoms with Gasteiger partial charge < -0.3 is 9.84 Å². The van der Waals surface area contributed by atoms with Crippen LogP contribution < -0.4 is 4.74 Å². The van der Waals surface area contributed by atoms with E-state index in [1.807, 2.05) is 32.0 Å². The molecule has 0 saturated carbocycles. The Hall–Kier alpha value is -1.94. The molecular formula is C13H14N2O2.